The smallest absolute Gasteiger partial charge is 0.248 e. The van der Waals surface area contributed by atoms with Crippen molar-refractivity contribution in [2.75, 3.05) is 31.1 Å². The first kappa shape index (κ1) is 23.8. The molecule has 1 fully saturated rings. The third kappa shape index (κ3) is 5.78. The molecule has 0 radical (unpaired) electrons. The molecule has 0 bridgehead atoms. The Bertz CT molecular complexity index is 971. The maximum Gasteiger partial charge on any atom is 0.248 e. The molecule has 2 aromatic carbocycles. The lowest BCUT2D eigenvalue weighted by atomic mass is 10.1. The molecule has 0 spiro atoms. The highest BCUT2D eigenvalue weighted by Crippen LogP contribution is 2.46. The highest BCUT2D eigenvalue weighted by atomic mass is 32.2. The summed E-state index contributed by atoms with van der Waals surface area (Å²) in [5.41, 5.74) is 7.73. The molecular formula is C26H34N4O2S. The monoisotopic (exact) mass is 466 g/mol. The number of fused-ring (bicyclic) bond motifs is 1. The lowest BCUT2D eigenvalue weighted by molar-refractivity contribution is -0.118. The van der Waals surface area contributed by atoms with Gasteiger partial charge in [-0.2, -0.15) is 0 Å². The zero-order chi connectivity index (χ0) is 23.4. The number of hydrogen-bond donors (Lipinski definition) is 2. The molecule has 2 aliphatic heterocycles. The van der Waals surface area contributed by atoms with Gasteiger partial charge >= 0.3 is 0 Å². The first-order valence-corrected chi connectivity index (χ1v) is 12.8. The van der Waals surface area contributed by atoms with Crippen molar-refractivity contribution in [2.24, 2.45) is 5.73 Å². The second-order valence-corrected chi connectivity index (χ2v) is 10.4. The number of carbonyl (C=O) groups excluding carboxylic acids is 2. The summed E-state index contributed by atoms with van der Waals surface area (Å²) >= 11 is 1.58. The van der Waals surface area contributed by atoms with E-state index in [-0.39, 0.29) is 11.2 Å². The minimum Gasteiger partial charge on any atom is -0.366 e. The largest absolute Gasteiger partial charge is 0.366 e. The van der Waals surface area contributed by atoms with Gasteiger partial charge in [0.05, 0.1) is 5.69 Å². The van der Waals surface area contributed by atoms with Gasteiger partial charge in [0, 0.05) is 42.2 Å². The molecule has 7 heteroatoms. The number of thioether (sulfide) groups is 1. The molecule has 3 N–H and O–H groups in total. The van der Waals surface area contributed by atoms with Crippen LogP contribution in [0.4, 0.5) is 5.69 Å². The van der Waals surface area contributed by atoms with Crippen LogP contribution in [-0.4, -0.2) is 55.0 Å². The molecule has 3 unspecified atom stereocenters. The summed E-state index contributed by atoms with van der Waals surface area (Å²) < 4.78 is 0. The molecule has 0 aromatic heterocycles. The van der Waals surface area contributed by atoms with Crippen molar-refractivity contribution in [2.45, 2.75) is 55.3 Å². The van der Waals surface area contributed by atoms with Crippen molar-refractivity contribution in [3.63, 3.8) is 0 Å². The molecule has 1 saturated heterocycles. The summed E-state index contributed by atoms with van der Waals surface area (Å²) in [5.74, 6) is -0.351. The van der Waals surface area contributed by atoms with E-state index >= 15 is 0 Å². The van der Waals surface area contributed by atoms with Crippen LogP contribution in [0.25, 0.3) is 0 Å². The Morgan fingerprint density at radius 1 is 1.00 bits per heavy atom. The number of piperazine rings is 1. The average molecular weight is 467 g/mol. The maximum absolute atomic E-state index is 13.5. The molecule has 2 amide bonds. The highest BCUT2D eigenvalue weighted by molar-refractivity contribution is 8.00. The number of primary amides is 1. The molecule has 2 heterocycles. The van der Waals surface area contributed by atoms with Gasteiger partial charge in [-0.05, 0) is 63.1 Å². The van der Waals surface area contributed by atoms with Gasteiger partial charge in [0.25, 0.3) is 0 Å². The van der Waals surface area contributed by atoms with Crippen molar-refractivity contribution < 1.29 is 9.59 Å². The average Bonchev–Trinajstić information content (AvgIpc) is 2.79. The maximum atomic E-state index is 13.5. The van der Waals surface area contributed by atoms with E-state index in [1.54, 1.807) is 23.9 Å². The number of nitrogens with one attached hydrogen (secondary N) is 1. The fourth-order valence-corrected chi connectivity index (χ4v) is 6.12. The number of carbonyl (C=O) groups is 2. The van der Waals surface area contributed by atoms with Crippen molar-refractivity contribution in [3.05, 3.63) is 59.7 Å². The Labute approximate surface area is 200 Å². The summed E-state index contributed by atoms with van der Waals surface area (Å²) in [6.07, 6.45) is 3.23. The molecule has 4 rings (SSSR count). The number of amides is 2. The number of benzene rings is 2. The second-order valence-electron chi connectivity index (χ2n) is 9.23. The summed E-state index contributed by atoms with van der Waals surface area (Å²) in [6, 6.07) is 16.3. The minimum atomic E-state index is -0.458. The van der Waals surface area contributed by atoms with Gasteiger partial charge in [-0.15, -0.1) is 11.8 Å². The van der Waals surface area contributed by atoms with E-state index < -0.39 is 5.91 Å². The van der Waals surface area contributed by atoms with Crippen LogP contribution < -0.4 is 16.0 Å². The van der Waals surface area contributed by atoms with Crippen LogP contribution in [0.2, 0.25) is 0 Å². The molecule has 176 valence electrons. The molecule has 2 aliphatic rings. The molecule has 0 saturated carbocycles. The van der Waals surface area contributed by atoms with Gasteiger partial charge in [-0.25, -0.2) is 0 Å². The molecular weight excluding hydrogens is 432 g/mol. The number of hydrogen-bond acceptors (Lipinski definition) is 5. The van der Waals surface area contributed by atoms with Gasteiger partial charge in [0.1, 0.15) is 5.25 Å². The Kier molecular flexibility index (Phi) is 7.73. The molecule has 3 atom stereocenters. The van der Waals surface area contributed by atoms with Crippen LogP contribution in [0.5, 0.6) is 0 Å². The second kappa shape index (κ2) is 10.7. The first-order chi connectivity index (χ1) is 15.9. The van der Waals surface area contributed by atoms with E-state index in [4.69, 9.17) is 5.73 Å². The predicted molar refractivity (Wildman–Crippen MR) is 135 cm³/mol. The van der Waals surface area contributed by atoms with E-state index in [1.807, 2.05) is 35.2 Å². The van der Waals surface area contributed by atoms with Crippen molar-refractivity contribution in [3.8, 4) is 0 Å². The number of unbranched alkanes of at least 4 members (excludes halogenated alkanes) is 2. The number of para-hydroxylation sites is 1. The summed E-state index contributed by atoms with van der Waals surface area (Å²) in [4.78, 5) is 30.5. The van der Waals surface area contributed by atoms with E-state index in [2.05, 4.69) is 30.1 Å². The predicted octanol–water partition coefficient (Wildman–Crippen LogP) is 3.82. The van der Waals surface area contributed by atoms with Crippen molar-refractivity contribution in [1.82, 2.24) is 10.2 Å². The first-order valence-electron chi connectivity index (χ1n) is 11.9. The third-order valence-electron chi connectivity index (χ3n) is 6.38. The third-order valence-corrected chi connectivity index (χ3v) is 7.69. The molecule has 2 aromatic rings. The minimum absolute atomic E-state index is 0.107. The van der Waals surface area contributed by atoms with E-state index in [0.29, 0.717) is 17.6 Å². The zero-order valence-corrected chi connectivity index (χ0v) is 20.3. The lowest BCUT2D eigenvalue weighted by Gasteiger charge is -2.36. The van der Waals surface area contributed by atoms with E-state index in [0.717, 1.165) is 61.6 Å². The van der Waals surface area contributed by atoms with Crippen molar-refractivity contribution >= 4 is 29.3 Å². The topological polar surface area (TPSA) is 78.7 Å². The van der Waals surface area contributed by atoms with Crippen LogP contribution in [0.1, 0.15) is 54.3 Å². The van der Waals surface area contributed by atoms with Gasteiger partial charge in [0.2, 0.25) is 11.8 Å². The van der Waals surface area contributed by atoms with Crippen LogP contribution in [0.15, 0.2) is 53.4 Å². The summed E-state index contributed by atoms with van der Waals surface area (Å²) in [6.45, 7) is 8.55. The Morgan fingerprint density at radius 3 is 2.36 bits per heavy atom. The number of rotatable bonds is 8. The fourth-order valence-electron chi connectivity index (χ4n) is 4.89. The summed E-state index contributed by atoms with van der Waals surface area (Å²) in [5, 5.41) is 3.27. The van der Waals surface area contributed by atoms with E-state index in [1.165, 1.54) is 0 Å². The fraction of sp³-hybridized carbons (Fsp3) is 0.462. The standard InChI is InChI=1S/C26H34N4O2S/c1-18-16-29(17-19(2)28-18)14-6-3-7-15-30-22-8-4-5-9-23(22)33-24(26(30)32)20-10-12-21(13-11-20)25(27)31/h4-5,8-13,18-19,24,28H,3,6-7,14-17H2,1-2H3,(H2,27,31). The number of nitrogens with two attached hydrogens (primary N) is 1. The van der Waals surface area contributed by atoms with Gasteiger partial charge in [0.15, 0.2) is 0 Å². The molecule has 0 aliphatic carbocycles. The highest BCUT2D eigenvalue weighted by Gasteiger charge is 2.34. The van der Waals surface area contributed by atoms with Crippen LogP contribution in [0.3, 0.4) is 0 Å². The van der Waals surface area contributed by atoms with Gasteiger partial charge < -0.3 is 20.9 Å². The van der Waals surface area contributed by atoms with E-state index in [9.17, 15) is 9.59 Å². The summed E-state index contributed by atoms with van der Waals surface area (Å²) in [7, 11) is 0. The van der Waals surface area contributed by atoms with Crippen LogP contribution in [0, 0.1) is 0 Å². The number of nitrogens with zero attached hydrogens (tertiary/aromatic N) is 2. The Morgan fingerprint density at radius 2 is 1.67 bits per heavy atom. The van der Waals surface area contributed by atoms with Crippen LogP contribution >= 0.6 is 11.8 Å². The van der Waals surface area contributed by atoms with Gasteiger partial charge in [-0.3, -0.25) is 9.59 Å². The molecule has 6 nitrogen and oxygen atoms in total. The SMILES string of the molecule is CC1CN(CCCCCN2C(=O)C(c3ccc(C(N)=O)cc3)Sc3ccccc32)CC(C)N1. The van der Waals surface area contributed by atoms with Gasteiger partial charge in [-0.1, -0.05) is 30.7 Å². The normalized spacial score (nSPS) is 23.4. The Hall–Kier alpha value is -2.35. The van der Waals surface area contributed by atoms with Crippen molar-refractivity contribution in [1.29, 1.82) is 0 Å². The Balaban J connectivity index is 1.38. The zero-order valence-electron chi connectivity index (χ0n) is 19.5. The lowest BCUT2D eigenvalue weighted by Crippen LogP contribution is -2.54. The molecule has 33 heavy (non-hydrogen) atoms. The number of anilines is 1. The quantitative estimate of drug-likeness (QED) is 0.579. The van der Waals surface area contributed by atoms with Crippen LogP contribution in [-0.2, 0) is 4.79 Å².